The minimum atomic E-state index is -0.594. The van der Waals surface area contributed by atoms with Crippen LogP contribution in [0.1, 0.15) is 28.0 Å². The molecule has 3 heterocycles. The molecule has 1 amide bonds. The monoisotopic (exact) mass is 491 g/mol. The Kier molecular flexibility index (Phi) is 7.23. The van der Waals surface area contributed by atoms with Crippen LogP contribution in [0.15, 0.2) is 29.1 Å². The van der Waals surface area contributed by atoms with Gasteiger partial charge in [0.1, 0.15) is 17.1 Å². The average Bonchev–Trinajstić information content (AvgIpc) is 2.99. The van der Waals surface area contributed by atoms with Crippen molar-refractivity contribution in [2.45, 2.75) is 25.9 Å². The van der Waals surface area contributed by atoms with Crippen LogP contribution in [-0.4, -0.2) is 66.6 Å². The van der Waals surface area contributed by atoms with Crippen LogP contribution >= 0.6 is 11.6 Å². The lowest BCUT2D eigenvalue weighted by Gasteiger charge is -2.20. The van der Waals surface area contributed by atoms with Gasteiger partial charge < -0.3 is 18.9 Å². The number of rotatable bonds is 6. The van der Waals surface area contributed by atoms with Gasteiger partial charge >= 0.3 is 5.97 Å². The minimum absolute atomic E-state index is 0.0226. The van der Waals surface area contributed by atoms with Gasteiger partial charge in [0, 0.05) is 80.9 Å². The maximum Gasteiger partial charge on any atom is 0.343 e. The van der Waals surface area contributed by atoms with Gasteiger partial charge in [-0.15, -0.1) is 0 Å². The fourth-order valence-corrected chi connectivity index (χ4v) is 4.79. The van der Waals surface area contributed by atoms with E-state index in [9.17, 15) is 18.8 Å². The fraction of sp³-hybridized carbons (Fsp3) is 0.458. The number of benzene rings is 1. The van der Waals surface area contributed by atoms with E-state index in [4.69, 9.17) is 21.1 Å². The summed E-state index contributed by atoms with van der Waals surface area (Å²) in [5.41, 5.74) is 0.848. The number of fused-ring (bicyclic) bond motifs is 1. The first-order valence-corrected chi connectivity index (χ1v) is 11.5. The molecule has 0 saturated carbocycles. The number of carbonyl (C=O) groups is 2. The minimum Gasteiger partial charge on any atom is -0.492 e. The number of nitrogens with zero attached hydrogens (tertiary/aromatic N) is 3. The topological polar surface area (TPSA) is 81.1 Å². The van der Waals surface area contributed by atoms with Gasteiger partial charge in [0.05, 0.1) is 13.7 Å². The van der Waals surface area contributed by atoms with Crippen LogP contribution in [0.25, 0.3) is 0 Å². The number of esters is 1. The third-order valence-corrected chi connectivity index (χ3v) is 6.77. The van der Waals surface area contributed by atoms with E-state index in [1.807, 2.05) is 4.90 Å². The number of amides is 1. The van der Waals surface area contributed by atoms with E-state index in [0.717, 1.165) is 0 Å². The van der Waals surface area contributed by atoms with E-state index in [1.54, 1.807) is 28.6 Å². The second kappa shape index (κ2) is 10.1. The van der Waals surface area contributed by atoms with Crippen LogP contribution in [0, 0.1) is 11.7 Å². The lowest BCUT2D eigenvalue weighted by Crippen LogP contribution is -2.29. The molecule has 1 atom stereocenters. The third kappa shape index (κ3) is 4.95. The molecule has 10 heteroatoms. The van der Waals surface area contributed by atoms with Crippen molar-refractivity contribution < 1.29 is 23.5 Å². The Morgan fingerprint density at radius 1 is 1.24 bits per heavy atom. The van der Waals surface area contributed by atoms with Crippen molar-refractivity contribution >= 4 is 23.5 Å². The van der Waals surface area contributed by atoms with Crippen molar-refractivity contribution in [3.05, 3.63) is 62.3 Å². The molecule has 1 aromatic heterocycles. The summed E-state index contributed by atoms with van der Waals surface area (Å²) >= 11 is 6.19. The van der Waals surface area contributed by atoms with E-state index in [2.05, 4.69) is 0 Å². The molecule has 8 nitrogen and oxygen atoms in total. The fourth-order valence-electron chi connectivity index (χ4n) is 4.57. The van der Waals surface area contributed by atoms with E-state index in [0.29, 0.717) is 55.3 Å². The van der Waals surface area contributed by atoms with Crippen molar-refractivity contribution in [3.8, 4) is 5.75 Å². The Morgan fingerprint density at radius 2 is 2.03 bits per heavy atom. The lowest BCUT2D eigenvalue weighted by atomic mass is 10.1. The molecule has 2 aliphatic heterocycles. The summed E-state index contributed by atoms with van der Waals surface area (Å²) in [5, 5.41) is 0.348. The predicted octanol–water partition coefficient (Wildman–Crippen LogP) is 2.34. The van der Waals surface area contributed by atoms with E-state index in [-0.39, 0.29) is 47.7 Å². The van der Waals surface area contributed by atoms with Crippen molar-refractivity contribution in [2.24, 2.45) is 5.92 Å². The highest BCUT2D eigenvalue weighted by Crippen LogP contribution is 2.27. The summed E-state index contributed by atoms with van der Waals surface area (Å²) < 4.78 is 26.8. The van der Waals surface area contributed by atoms with Gasteiger partial charge in [0.2, 0.25) is 5.91 Å². The molecule has 182 valence electrons. The van der Waals surface area contributed by atoms with Gasteiger partial charge in [-0.2, -0.15) is 0 Å². The number of aromatic nitrogens is 1. The number of likely N-dealkylation sites (tertiary alicyclic amines) is 1. The maximum absolute atomic E-state index is 14.3. The summed E-state index contributed by atoms with van der Waals surface area (Å²) in [4.78, 5) is 41.1. The van der Waals surface area contributed by atoms with Gasteiger partial charge in [-0.3, -0.25) is 14.5 Å². The Hall–Kier alpha value is -2.91. The number of ether oxygens (including phenoxy) is 2. The Bertz CT molecular complexity index is 1150. The zero-order valence-electron chi connectivity index (χ0n) is 19.2. The average molecular weight is 492 g/mol. The Morgan fingerprint density at radius 3 is 2.71 bits per heavy atom. The SMILES string of the molecule is COC(=O)c1c(OCC2CC(=O)N(C)C2)cc(=O)n2c1CCN(Cc1c(F)cccc1Cl)CC2. The molecule has 0 spiro atoms. The molecule has 2 aromatic rings. The van der Waals surface area contributed by atoms with Crippen LogP contribution in [0.3, 0.4) is 0 Å². The quantitative estimate of drug-likeness (QED) is 0.577. The first kappa shape index (κ1) is 24.2. The second-order valence-corrected chi connectivity index (χ2v) is 9.10. The van der Waals surface area contributed by atoms with E-state index in [1.165, 1.54) is 19.2 Å². The van der Waals surface area contributed by atoms with Crippen LogP contribution in [0.4, 0.5) is 4.39 Å². The summed E-state index contributed by atoms with van der Waals surface area (Å²) in [7, 11) is 3.01. The standard InChI is InChI=1S/C24H27ClFN3O5/c1-27-12-15(10-21(27)30)14-34-20-11-22(31)29-9-8-28(7-6-19(29)23(20)24(32)33-2)13-16-17(25)4-3-5-18(16)26/h3-5,11,15H,6-10,12-14H2,1-2H3. The molecule has 1 aromatic carbocycles. The number of halogens is 2. The molecule has 2 aliphatic rings. The Balaban J connectivity index is 1.58. The molecule has 1 saturated heterocycles. The smallest absolute Gasteiger partial charge is 0.343 e. The summed E-state index contributed by atoms with van der Waals surface area (Å²) in [6.45, 7) is 2.35. The highest BCUT2D eigenvalue weighted by atomic mass is 35.5. The molecule has 0 radical (unpaired) electrons. The molecule has 1 unspecified atom stereocenters. The van der Waals surface area contributed by atoms with Crippen molar-refractivity contribution in [2.75, 3.05) is 40.4 Å². The van der Waals surface area contributed by atoms with Crippen LogP contribution < -0.4 is 10.3 Å². The third-order valence-electron chi connectivity index (χ3n) is 6.41. The molecule has 0 N–H and O–H groups in total. The number of methoxy groups -OCH3 is 1. The number of hydrogen-bond donors (Lipinski definition) is 0. The molecule has 0 aliphatic carbocycles. The van der Waals surface area contributed by atoms with Crippen LogP contribution in [0.5, 0.6) is 5.75 Å². The summed E-state index contributed by atoms with van der Waals surface area (Å²) in [6.07, 6.45) is 0.731. The molecule has 4 rings (SSSR count). The van der Waals surface area contributed by atoms with E-state index >= 15 is 0 Å². The van der Waals surface area contributed by atoms with Crippen LogP contribution in [-0.2, 0) is 29.0 Å². The number of hydrogen-bond acceptors (Lipinski definition) is 6. The first-order valence-electron chi connectivity index (χ1n) is 11.2. The zero-order valence-corrected chi connectivity index (χ0v) is 19.9. The van der Waals surface area contributed by atoms with Gasteiger partial charge in [-0.1, -0.05) is 17.7 Å². The first-order chi connectivity index (χ1) is 16.3. The van der Waals surface area contributed by atoms with Crippen molar-refractivity contribution in [3.63, 3.8) is 0 Å². The van der Waals surface area contributed by atoms with Gasteiger partial charge in [0.25, 0.3) is 5.56 Å². The normalized spacial score (nSPS) is 18.5. The molecule has 0 bridgehead atoms. The van der Waals surface area contributed by atoms with Crippen LogP contribution in [0.2, 0.25) is 5.02 Å². The lowest BCUT2D eigenvalue weighted by molar-refractivity contribution is -0.126. The molecule has 34 heavy (non-hydrogen) atoms. The number of pyridine rings is 1. The van der Waals surface area contributed by atoms with Crippen molar-refractivity contribution in [1.29, 1.82) is 0 Å². The van der Waals surface area contributed by atoms with Gasteiger partial charge in [-0.25, -0.2) is 9.18 Å². The zero-order chi connectivity index (χ0) is 24.4. The van der Waals surface area contributed by atoms with E-state index < -0.39 is 5.97 Å². The molecule has 1 fully saturated rings. The summed E-state index contributed by atoms with van der Waals surface area (Å²) in [5.74, 6) is -0.794. The highest BCUT2D eigenvalue weighted by Gasteiger charge is 2.30. The van der Waals surface area contributed by atoms with Gasteiger partial charge in [-0.05, 0) is 12.1 Å². The Labute approximate surface area is 201 Å². The highest BCUT2D eigenvalue weighted by molar-refractivity contribution is 6.31. The maximum atomic E-state index is 14.3. The largest absolute Gasteiger partial charge is 0.492 e. The van der Waals surface area contributed by atoms with Gasteiger partial charge in [0.15, 0.2) is 0 Å². The van der Waals surface area contributed by atoms with Crippen molar-refractivity contribution in [1.82, 2.24) is 14.4 Å². The molecular weight excluding hydrogens is 465 g/mol. The number of carbonyl (C=O) groups excluding carboxylic acids is 2. The second-order valence-electron chi connectivity index (χ2n) is 8.69. The summed E-state index contributed by atoms with van der Waals surface area (Å²) in [6, 6.07) is 5.88. The molecular formula is C24H27ClFN3O5. The predicted molar refractivity (Wildman–Crippen MR) is 124 cm³/mol.